The fraction of sp³-hybridized carbons (Fsp3) is 0.188. The van der Waals surface area contributed by atoms with Crippen LogP contribution in [0.4, 0.5) is 0 Å². The molecule has 0 fully saturated rings. The molecule has 0 aromatic heterocycles. The maximum absolute atomic E-state index is 11.5. The molecule has 2 rings (SSSR count). The number of carboxylic acids is 1. The number of halogens is 2. The third-order valence-corrected chi connectivity index (χ3v) is 3.44. The summed E-state index contributed by atoms with van der Waals surface area (Å²) in [5.74, 6) is -0.220. The molecule has 0 saturated heterocycles. The maximum atomic E-state index is 11.5. The summed E-state index contributed by atoms with van der Waals surface area (Å²) in [6.07, 6.45) is 0. The van der Waals surface area contributed by atoms with Gasteiger partial charge in [-0.2, -0.15) is 0 Å². The Morgan fingerprint density at radius 2 is 1.45 bits per heavy atom. The van der Waals surface area contributed by atoms with Gasteiger partial charge < -0.3 is 14.6 Å². The summed E-state index contributed by atoms with van der Waals surface area (Å²) in [6, 6.07) is 13.1. The molecule has 0 aliphatic carbocycles. The smallest absolute Gasteiger partial charge is 0.351 e. The Balaban J connectivity index is 2.08. The maximum Gasteiger partial charge on any atom is 0.351 e. The summed E-state index contributed by atoms with van der Waals surface area (Å²) in [4.78, 5) is 11.5. The van der Waals surface area contributed by atoms with Crippen molar-refractivity contribution in [3.8, 4) is 11.5 Å². The Morgan fingerprint density at radius 3 is 1.91 bits per heavy atom. The molecule has 0 amide bonds. The molecule has 4 nitrogen and oxygen atoms in total. The van der Waals surface area contributed by atoms with Crippen molar-refractivity contribution >= 4 is 29.2 Å². The van der Waals surface area contributed by atoms with Crippen LogP contribution in [-0.2, 0) is 4.79 Å². The minimum Gasteiger partial charge on any atom is -0.489 e. The number of hydrogen-bond donors (Lipinski definition) is 1. The van der Waals surface area contributed by atoms with E-state index in [4.69, 9.17) is 32.7 Å². The van der Waals surface area contributed by atoms with Crippen LogP contribution in [0.5, 0.6) is 11.5 Å². The zero-order valence-corrected chi connectivity index (χ0v) is 13.3. The predicted molar refractivity (Wildman–Crippen MR) is 85.1 cm³/mol. The monoisotopic (exact) mass is 340 g/mol. The molecule has 0 bridgehead atoms. The first-order chi connectivity index (χ1) is 10.4. The highest BCUT2D eigenvalue weighted by molar-refractivity contribution is 6.30. The van der Waals surface area contributed by atoms with Gasteiger partial charge in [0.1, 0.15) is 18.1 Å². The molecule has 1 N–H and O–H groups in total. The molecule has 0 aliphatic heterocycles. The molecular formula is C16H14Cl2O4. The predicted octanol–water partition coefficient (Wildman–Crippen LogP) is 4.29. The van der Waals surface area contributed by atoms with Crippen LogP contribution in [0.2, 0.25) is 10.0 Å². The molecule has 1 unspecified atom stereocenters. The van der Waals surface area contributed by atoms with Crippen LogP contribution in [0.3, 0.4) is 0 Å². The van der Waals surface area contributed by atoms with Crippen LogP contribution in [0.15, 0.2) is 48.5 Å². The van der Waals surface area contributed by atoms with Crippen molar-refractivity contribution in [2.24, 2.45) is 0 Å². The average molecular weight is 341 g/mol. The number of ether oxygens (including phenoxy) is 2. The Morgan fingerprint density at radius 1 is 1.00 bits per heavy atom. The van der Waals surface area contributed by atoms with Gasteiger partial charge in [-0.15, -0.1) is 0 Å². The zero-order valence-electron chi connectivity index (χ0n) is 11.8. The number of aliphatic carboxylic acids is 1. The van der Waals surface area contributed by atoms with Gasteiger partial charge >= 0.3 is 5.97 Å². The van der Waals surface area contributed by atoms with Crippen molar-refractivity contribution < 1.29 is 19.4 Å². The Hall–Kier alpha value is -1.91. The lowest BCUT2D eigenvalue weighted by Gasteiger charge is -2.26. The molecule has 6 heteroatoms. The summed E-state index contributed by atoms with van der Waals surface area (Å²) in [7, 11) is 0. The molecule has 2 aromatic rings. The Bertz CT molecular complexity index is 640. The SMILES string of the molecule is CC(COc1ccc(Cl)cc1)(Oc1ccc(Cl)cc1)C(=O)O. The van der Waals surface area contributed by atoms with Gasteiger partial charge in [-0.05, 0) is 55.5 Å². The number of rotatable bonds is 6. The van der Waals surface area contributed by atoms with E-state index < -0.39 is 11.6 Å². The first-order valence-corrected chi connectivity index (χ1v) is 7.21. The second kappa shape index (κ2) is 6.90. The van der Waals surface area contributed by atoms with Gasteiger partial charge in [0.05, 0.1) is 0 Å². The average Bonchev–Trinajstić information content (AvgIpc) is 2.49. The van der Waals surface area contributed by atoms with E-state index in [2.05, 4.69) is 0 Å². The molecule has 0 aliphatic rings. The van der Waals surface area contributed by atoms with Crippen LogP contribution < -0.4 is 9.47 Å². The molecule has 0 heterocycles. The normalized spacial score (nSPS) is 13.2. The molecule has 2 aromatic carbocycles. The third kappa shape index (κ3) is 4.29. The molecule has 0 radical (unpaired) electrons. The van der Waals surface area contributed by atoms with Crippen LogP contribution in [-0.4, -0.2) is 23.3 Å². The van der Waals surface area contributed by atoms with Crippen LogP contribution in [0.25, 0.3) is 0 Å². The van der Waals surface area contributed by atoms with Crippen LogP contribution in [0, 0.1) is 0 Å². The van der Waals surface area contributed by atoms with Crippen molar-refractivity contribution in [3.63, 3.8) is 0 Å². The number of benzene rings is 2. The van der Waals surface area contributed by atoms with E-state index in [1.54, 1.807) is 48.5 Å². The van der Waals surface area contributed by atoms with Crippen molar-refractivity contribution in [1.29, 1.82) is 0 Å². The molecule has 116 valence electrons. The van der Waals surface area contributed by atoms with Gasteiger partial charge in [0, 0.05) is 10.0 Å². The topological polar surface area (TPSA) is 55.8 Å². The first kappa shape index (κ1) is 16.5. The second-order valence-electron chi connectivity index (χ2n) is 4.83. The zero-order chi connectivity index (χ0) is 16.2. The minimum atomic E-state index is -1.53. The van der Waals surface area contributed by atoms with Gasteiger partial charge in [0.15, 0.2) is 0 Å². The standard InChI is InChI=1S/C16H14Cl2O4/c1-16(15(19)20,22-14-8-4-12(18)5-9-14)10-21-13-6-2-11(17)3-7-13/h2-9H,10H2,1H3,(H,19,20). The lowest BCUT2D eigenvalue weighted by Crippen LogP contribution is -2.46. The molecule has 0 saturated carbocycles. The highest BCUT2D eigenvalue weighted by atomic mass is 35.5. The van der Waals surface area contributed by atoms with Gasteiger partial charge in [0.25, 0.3) is 0 Å². The third-order valence-electron chi connectivity index (χ3n) is 2.94. The summed E-state index contributed by atoms with van der Waals surface area (Å²) in [6.45, 7) is 1.28. The highest BCUT2D eigenvalue weighted by Gasteiger charge is 2.37. The number of carboxylic acid groups (broad SMARTS) is 1. The lowest BCUT2D eigenvalue weighted by molar-refractivity contribution is -0.156. The van der Waals surface area contributed by atoms with Crippen molar-refractivity contribution in [1.82, 2.24) is 0 Å². The largest absolute Gasteiger partial charge is 0.489 e. The van der Waals surface area contributed by atoms with E-state index in [0.29, 0.717) is 21.5 Å². The van der Waals surface area contributed by atoms with Crippen molar-refractivity contribution in [2.75, 3.05) is 6.61 Å². The number of hydrogen-bond acceptors (Lipinski definition) is 3. The second-order valence-corrected chi connectivity index (χ2v) is 5.71. The molecule has 22 heavy (non-hydrogen) atoms. The van der Waals surface area contributed by atoms with Gasteiger partial charge in [0.2, 0.25) is 5.60 Å². The minimum absolute atomic E-state index is 0.160. The van der Waals surface area contributed by atoms with E-state index in [9.17, 15) is 9.90 Å². The lowest BCUT2D eigenvalue weighted by atomic mass is 10.1. The molecule has 0 spiro atoms. The van der Waals surface area contributed by atoms with Crippen molar-refractivity contribution in [3.05, 3.63) is 58.6 Å². The Labute approximate surface area is 138 Å². The van der Waals surface area contributed by atoms with Crippen LogP contribution in [0.1, 0.15) is 6.92 Å². The number of carbonyl (C=O) groups is 1. The summed E-state index contributed by atoms with van der Waals surface area (Å²) in [5, 5.41) is 10.5. The molecule has 1 atom stereocenters. The van der Waals surface area contributed by atoms with Crippen LogP contribution >= 0.6 is 23.2 Å². The summed E-state index contributed by atoms with van der Waals surface area (Å²) in [5.41, 5.74) is -1.53. The quantitative estimate of drug-likeness (QED) is 0.851. The van der Waals surface area contributed by atoms with Crippen molar-refractivity contribution in [2.45, 2.75) is 12.5 Å². The van der Waals surface area contributed by atoms with E-state index >= 15 is 0 Å². The summed E-state index contributed by atoms with van der Waals surface area (Å²) >= 11 is 11.6. The summed E-state index contributed by atoms with van der Waals surface area (Å²) < 4.78 is 11.0. The molecular weight excluding hydrogens is 327 g/mol. The van der Waals surface area contributed by atoms with E-state index in [1.165, 1.54) is 6.92 Å². The van der Waals surface area contributed by atoms with E-state index in [1.807, 2.05) is 0 Å². The van der Waals surface area contributed by atoms with E-state index in [0.717, 1.165) is 0 Å². The van der Waals surface area contributed by atoms with Gasteiger partial charge in [-0.3, -0.25) is 0 Å². The first-order valence-electron chi connectivity index (χ1n) is 6.45. The fourth-order valence-electron chi connectivity index (χ4n) is 1.65. The Kier molecular flexibility index (Phi) is 5.16. The fourth-order valence-corrected chi connectivity index (χ4v) is 1.90. The highest BCUT2D eigenvalue weighted by Crippen LogP contribution is 2.23. The van der Waals surface area contributed by atoms with Gasteiger partial charge in [-0.1, -0.05) is 23.2 Å². The van der Waals surface area contributed by atoms with E-state index in [-0.39, 0.29) is 6.61 Å². The van der Waals surface area contributed by atoms with Gasteiger partial charge in [-0.25, -0.2) is 4.79 Å².